The van der Waals surface area contributed by atoms with E-state index in [0.717, 1.165) is 0 Å². The molecule has 1 rings (SSSR count). The van der Waals surface area contributed by atoms with Gasteiger partial charge in [0.2, 0.25) is 5.75 Å². The van der Waals surface area contributed by atoms with Gasteiger partial charge in [-0.3, -0.25) is 4.79 Å². The van der Waals surface area contributed by atoms with Crippen molar-refractivity contribution in [3.8, 4) is 11.6 Å². The van der Waals surface area contributed by atoms with Crippen molar-refractivity contribution in [1.29, 1.82) is 0 Å². The maximum absolute atomic E-state index is 11.8. The second-order valence-corrected chi connectivity index (χ2v) is 2.65. The van der Waals surface area contributed by atoms with Crippen LogP contribution in [-0.2, 0) is 0 Å². The van der Waals surface area contributed by atoms with Gasteiger partial charge in [0.05, 0.1) is 0 Å². The van der Waals surface area contributed by atoms with Gasteiger partial charge in [0.25, 0.3) is 0 Å². The molecular formula is C7H3F3N2O5. The van der Waals surface area contributed by atoms with Gasteiger partial charge in [-0.25, -0.2) is 0 Å². The molecule has 92 valence electrons. The zero-order chi connectivity index (χ0) is 13.2. The van der Waals surface area contributed by atoms with Gasteiger partial charge in [0.1, 0.15) is 5.56 Å². The molecule has 0 radical (unpaired) electrons. The van der Waals surface area contributed by atoms with Gasteiger partial charge < -0.3 is 20.0 Å². The Morgan fingerprint density at radius 2 is 2.12 bits per heavy atom. The molecule has 0 unspecified atom stereocenters. The molecule has 0 aliphatic rings. The molecule has 0 saturated carbocycles. The van der Waals surface area contributed by atoms with Crippen molar-refractivity contribution in [2.45, 2.75) is 6.36 Å². The lowest BCUT2D eigenvalue weighted by atomic mass is 10.2. The zero-order valence-corrected chi connectivity index (χ0v) is 7.76. The first-order valence-corrected chi connectivity index (χ1v) is 3.84. The molecule has 0 amide bonds. The first-order valence-electron chi connectivity index (χ1n) is 3.84. The van der Waals surface area contributed by atoms with Gasteiger partial charge in [-0.1, -0.05) is 0 Å². The standard InChI is InChI=1S/C7H3F3N2O5/c8-7(9,10)17-6-4(14)1-3(2-13)5(11-6)12(15)16/h1-2,14H. The molecule has 0 atom stereocenters. The number of aromatic hydroxyl groups is 1. The molecule has 0 bridgehead atoms. The first kappa shape index (κ1) is 12.7. The second-order valence-electron chi connectivity index (χ2n) is 2.65. The quantitative estimate of drug-likeness (QED) is 0.495. The van der Waals surface area contributed by atoms with E-state index in [9.17, 15) is 28.1 Å². The van der Waals surface area contributed by atoms with Gasteiger partial charge in [-0.2, -0.15) is 0 Å². The van der Waals surface area contributed by atoms with Crippen molar-refractivity contribution in [2.75, 3.05) is 0 Å². The number of ether oxygens (including phenoxy) is 1. The molecule has 0 spiro atoms. The van der Waals surface area contributed by atoms with Gasteiger partial charge in [-0.15, -0.1) is 13.2 Å². The number of aldehydes is 1. The molecule has 0 aromatic carbocycles. The molecule has 0 aliphatic heterocycles. The number of alkyl halides is 3. The minimum Gasteiger partial charge on any atom is -0.501 e. The van der Waals surface area contributed by atoms with Crippen LogP contribution in [0.3, 0.4) is 0 Å². The van der Waals surface area contributed by atoms with Crippen LogP contribution >= 0.6 is 0 Å². The van der Waals surface area contributed by atoms with E-state index in [4.69, 9.17) is 5.11 Å². The van der Waals surface area contributed by atoms with E-state index in [1.165, 1.54) is 0 Å². The normalized spacial score (nSPS) is 11.0. The van der Waals surface area contributed by atoms with Crippen LogP contribution in [-0.4, -0.2) is 27.7 Å². The molecule has 7 nitrogen and oxygen atoms in total. The van der Waals surface area contributed by atoms with E-state index in [0.29, 0.717) is 6.07 Å². The highest BCUT2D eigenvalue weighted by Crippen LogP contribution is 2.32. The Balaban J connectivity index is 3.29. The summed E-state index contributed by atoms with van der Waals surface area (Å²) in [6, 6.07) is 0.458. The fraction of sp³-hybridized carbons (Fsp3) is 0.143. The summed E-state index contributed by atoms with van der Waals surface area (Å²) in [7, 11) is 0. The third-order valence-electron chi connectivity index (χ3n) is 1.49. The Hall–Kier alpha value is -2.39. The summed E-state index contributed by atoms with van der Waals surface area (Å²) in [5, 5.41) is 19.4. The fourth-order valence-corrected chi connectivity index (χ4v) is 0.909. The number of hydrogen-bond acceptors (Lipinski definition) is 6. The van der Waals surface area contributed by atoms with Crippen molar-refractivity contribution in [1.82, 2.24) is 4.98 Å². The van der Waals surface area contributed by atoms with Gasteiger partial charge in [0, 0.05) is 11.1 Å². The fourth-order valence-electron chi connectivity index (χ4n) is 0.909. The SMILES string of the molecule is O=Cc1cc(O)c(OC(F)(F)F)nc1[N+](=O)[O-]. The number of pyridine rings is 1. The van der Waals surface area contributed by atoms with Crippen molar-refractivity contribution in [2.24, 2.45) is 0 Å². The number of carbonyl (C=O) groups excluding carboxylic acids is 1. The van der Waals surface area contributed by atoms with E-state index < -0.39 is 34.3 Å². The van der Waals surface area contributed by atoms with Crippen LogP contribution in [0.15, 0.2) is 6.07 Å². The molecule has 1 aromatic rings. The zero-order valence-electron chi connectivity index (χ0n) is 7.76. The number of nitrogens with zero attached hydrogens (tertiary/aromatic N) is 2. The molecule has 0 aliphatic carbocycles. The van der Waals surface area contributed by atoms with Gasteiger partial charge >= 0.3 is 18.1 Å². The van der Waals surface area contributed by atoms with E-state index in [2.05, 4.69) is 9.72 Å². The van der Waals surface area contributed by atoms with E-state index in [1.807, 2.05) is 0 Å². The summed E-state index contributed by atoms with van der Waals surface area (Å²) >= 11 is 0. The third kappa shape index (κ3) is 3.03. The summed E-state index contributed by atoms with van der Waals surface area (Å²) in [5.74, 6) is -3.66. The van der Waals surface area contributed by atoms with Crippen molar-refractivity contribution >= 4 is 12.1 Å². The number of halogens is 3. The Bertz CT molecular complexity index is 473. The number of nitro groups is 1. The van der Waals surface area contributed by atoms with Crippen LogP contribution in [0.2, 0.25) is 0 Å². The highest BCUT2D eigenvalue weighted by Gasteiger charge is 2.36. The lowest BCUT2D eigenvalue weighted by Gasteiger charge is -2.06. The lowest BCUT2D eigenvalue weighted by Crippen LogP contribution is -2.18. The Morgan fingerprint density at radius 3 is 2.53 bits per heavy atom. The first-order chi connectivity index (χ1) is 7.74. The van der Waals surface area contributed by atoms with Crippen LogP contribution in [0.5, 0.6) is 11.6 Å². The molecule has 1 N–H and O–H groups in total. The maximum Gasteiger partial charge on any atom is 0.575 e. The van der Waals surface area contributed by atoms with Crippen LogP contribution in [0.1, 0.15) is 10.4 Å². The number of hydrogen-bond donors (Lipinski definition) is 1. The van der Waals surface area contributed by atoms with Gasteiger partial charge in [0.15, 0.2) is 6.29 Å². The van der Waals surface area contributed by atoms with Crippen molar-refractivity contribution in [3.05, 3.63) is 21.7 Å². The molecule has 1 heterocycles. The van der Waals surface area contributed by atoms with Crippen molar-refractivity contribution < 1.29 is 32.7 Å². The van der Waals surface area contributed by atoms with Crippen LogP contribution in [0.4, 0.5) is 19.0 Å². The molecule has 17 heavy (non-hydrogen) atoms. The molecule has 1 aromatic heterocycles. The Morgan fingerprint density at radius 1 is 1.53 bits per heavy atom. The predicted molar refractivity (Wildman–Crippen MR) is 44.6 cm³/mol. The summed E-state index contributed by atoms with van der Waals surface area (Å²) < 4.78 is 38.7. The second kappa shape index (κ2) is 4.23. The highest BCUT2D eigenvalue weighted by molar-refractivity contribution is 5.81. The number of aromatic nitrogens is 1. The van der Waals surface area contributed by atoms with Crippen molar-refractivity contribution in [3.63, 3.8) is 0 Å². The molecule has 0 saturated heterocycles. The van der Waals surface area contributed by atoms with Crippen LogP contribution < -0.4 is 4.74 Å². The van der Waals surface area contributed by atoms with Crippen LogP contribution in [0.25, 0.3) is 0 Å². The smallest absolute Gasteiger partial charge is 0.501 e. The van der Waals surface area contributed by atoms with Crippen LogP contribution in [0, 0.1) is 10.1 Å². The van der Waals surface area contributed by atoms with E-state index >= 15 is 0 Å². The molecular weight excluding hydrogens is 249 g/mol. The van der Waals surface area contributed by atoms with E-state index in [-0.39, 0.29) is 6.29 Å². The van der Waals surface area contributed by atoms with E-state index in [1.54, 1.807) is 0 Å². The molecule has 0 fully saturated rings. The van der Waals surface area contributed by atoms with Gasteiger partial charge in [-0.05, 0) is 4.92 Å². The summed E-state index contributed by atoms with van der Waals surface area (Å²) in [5.41, 5.74) is -0.665. The third-order valence-corrected chi connectivity index (χ3v) is 1.49. The average molecular weight is 252 g/mol. The average Bonchev–Trinajstić information content (AvgIpc) is 2.18. The summed E-state index contributed by atoms with van der Waals surface area (Å²) in [6.07, 6.45) is -5.19. The predicted octanol–water partition coefficient (Wildman–Crippen LogP) is 1.41. The minimum absolute atomic E-state index is 0.0256. The topological polar surface area (TPSA) is 103 Å². The monoisotopic (exact) mass is 252 g/mol. The number of carbonyl (C=O) groups is 1. The largest absolute Gasteiger partial charge is 0.575 e. The molecule has 10 heteroatoms. The summed E-state index contributed by atoms with van der Waals surface area (Å²) in [6.45, 7) is 0. The summed E-state index contributed by atoms with van der Waals surface area (Å²) in [4.78, 5) is 22.4. The lowest BCUT2D eigenvalue weighted by molar-refractivity contribution is -0.390. The Labute approximate surface area is 90.6 Å². The number of rotatable bonds is 3. The maximum atomic E-state index is 11.8. The Kier molecular flexibility index (Phi) is 3.16. The highest BCUT2D eigenvalue weighted by atomic mass is 19.4. The minimum atomic E-state index is -5.17.